The average molecular weight is 389 g/mol. The SMILES string of the molecule is COC(=O)c1cccc(Oc2cccc(C[C@H](C)CS(=O)C(C)(C)C)c2)c1. The first-order chi connectivity index (χ1) is 12.7. The number of rotatable bonds is 7. The van der Waals surface area contributed by atoms with Gasteiger partial charge >= 0.3 is 5.97 Å². The molecule has 2 aromatic carbocycles. The lowest BCUT2D eigenvalue weighted by molar-refractivity contribution is 0.0600. The standard InChI is InChI=1S/C22H28O4S/c1-16(15-27(24)22(2,3)4)12-17-8-6-10-19(13-17)26-20-11-7-9-18(14-20)21(23)25-5/h6-11,13-14,16H,12,15H2,1-5H3/t16-,27?/m0/s1. The van der Waals surface area contributed by atoms with Gasteiger partial charge in [0.25, 0.3) is 0 Å². The molecule has 0 aliphatic heterocycles. The zero-order valence-electron chi connectivity index (χ0n) is 16.7. The molecule has 0 spiro atoms. The van der Waals surface area contributed by atoms with Crippen molar-refractivity contribution in [2.45, 2.75) is 38.9 Å². The monoisotopic (exact) mass is 388 g/mol. The highest BCUT2D eigenvalue weighted by Crippen LogP contribution is 2.25. The molecule has 1 unspecified atom stereocenters. The molecule has 0 saturated carbocycles. The maximum absolute atomic E-state index is 12.3. The van der Waals surface area contributed by atoms with Crippen LogP contribution in [0.5, 0.6) is 11.5 Å². The van der Waals surface area contributed by atoms with Crippen molar-refractivity contribution in [3.05, 3.63) is 59.7 Å². The van der Waals surface area contributed by atoms with E-state index in [0.29, 0.717) is 28.7 Å². The number of ether oxygens (including phenoxy) is 2. The Morgan fingerprint density at radius 2 is 1.70 bits per heavy atom. The quantitative estimate of drug-likeness (QED) is 0.627. The van der Waals surface area contributed by atoms with Gasteiger partial charge in [0, 0.05) is 21.3 Å². The minimum absolute atomic E-state index is 0.191. The van der Waals surface area contributed by atoms with Gasteiger partial charge in [-0.15, -0.1) is 0 Å². The van der Waals surface area contributed by atoms with Gasteiger partial charge in [-0.2, -0.15) is 0 Å². The highest BCUT2D eigenvalue weighted by Gasteiger charge is 2.21. The Kier molecular flexibility index (Phi) is 7.19. The van der Waals surface area contributed by atoms with E-state index >= 15 is 0 Å². The third kappa shape index (κ3) is 6.51. The summed E-state index contributed by atoms with van der Waals surface area (Å²) in [5.41, 5.74) is 1.58. The Morgan fingerprint density at radius 1 is 1.07 bits per heavy atom. The highest BCUT2D eigenvalue weighted by atomic mass is 32.2. The van der Waals surface area contributed by atoms with Crippen LogP contribution in [0.4, 0.5) is 0 Å². The van der Waals surface area contributed by atoms with Crippen LogP contribution in [-0.2, 0) is 22.0 Å². The van der Waals surface area contributed by atoms with E-state index in [1.165, 1.54) is 7.11 Å². The summed E-state index contributed by atoms with van der Waals surface area (Å²) < 4.78 is 22.8. The van der Waals surface area contributed by atoms with Crippen LogP contribution in [-0.4, -0.2) is 27.8 Å². The van der Waals surface area contributed by atoms with Crippen molar-refractivity contribution in [2.75, 3.05) is 12.9 Å². The van der Waals surface area contributed by atoms with Crippen molar-refractivity contribution in [1.82, 2.24) is 0 Å². The molecule has 0 bridgehead atoms. The minimum atomic E-state index is -0.861. The first-order valence-corrected chi connectivity index (χ1v) is 10.3. The van der Waals surface area contributed by atoms with Gasteiger partial charge in [0.15, 0.2) is 0 Å². The lowest BCUT2D eigenvalue weighted by atomic mass is 10.0. The van der Waals surface area contributed by atoms with Crippen LogP contribution in [0.2, 0.25) is 0 Å². The second kappa shape index (κ2) is 9.18. The molecule has 0 heterocycles. The molecule has 4 nitrogen and oxygen atoms in total. The van der Waals surface area contributed by atoms with E-state index in [0.717, 1.165) is 12.0 Å². The van der Waals surface area contributed by atoms with Crippen molar-refractivity contribution < 1.29 is 18.5 Å². The average Bonchev–Trinajstić information content (AvgIpc) is 2.60. The summed E-state index contributed by atoms with van der Waals surface area (Å²) in [6, 6.07) is 14.8. The van der Waals surface area contributed by atoms with Gasteiger partial charge in [-0.25, -0.2) is 4.79 Å². The second-order valence-corrected chi connectivity index (χ2v) is 9.95. The largest absolute Gasteiger partial charge is 0.465 e. The lowest BCUT2D eigenvalue weighted by Gasteiger charge is -2.21. The van der Waals surface area contributed by atoms with Gasteiger partial charge in [0.1, 0.15) is 11.5 Å². The fraction of sp³-hybridized carbons (Fsp3) is 0.409. The summed E-state index contributed by atoms with van der Waals surface area (Å²) in [5, 5.41) is 0. The normalized spacial score (nSPS) is 13.7. The third-order valence-electron chi connectivity index (χ3n) is 4.09. The molecule has 0 N–H and O–H groups in total. The van der Waals surface area contributed by atoms with Gasteiger partial charge in [-0.05, 0) is 69.0 Å². The predicted molar refractivity (Wildman–Crippen MR) is 110 cm³/mol. The van der Waals surface area contributed by atoms with Gasteiger partial charge in [0.2, 0.25) is 0 Å². The molecule has 27 heavy (non-hydrogen) atoms. The van der Waals surface area contributed by atoms with Crippen LogP contribution in [0.3, 0.4) is 0 Å². The maximum atomic E-state index is 12.3. The minimum Gasteiger partial charge on any atom is -0.465 e. The van der Waals surface area contributed by atoms with Crippen molar-refractivity contribution in [2.24, 2.45) is 5.92 Å². The molecule has 5 heteroatoms. The topological polar surface area (TPSA) is 52.6 Å². The predicted octanol–water partition coefficient (Wildman–Crippen LogP) is 4.99. The molecular formula is C22H28O4S. The van der Waals surface area contributed by atoms with Gasteiger partial charge in [-0.1, -0.05) is 25.1 Å². The van der Waals surface area contributed by atoms with E-state index in [2.05, 4.69) is 6.92 Å². The summed E-state index contributed by atoms with van der Waals surface area (Å²) >= 11 is 0. The smallest absolute Gasteiger partial charge is 0.337 e. The molecule has 2 atom stereocenters. The maximum Gasteiger partial charge on any atom is 0.337 e. The third-order valence-corrected chi connectivity index (χ3v) is 6.33. The summed E-state index contributed by atoms with van der Waals surface area (Å²) in [6.07, 6.45) is 0.835. The fourth-order valence-corrected chi connectivity index (χ4v) is 3.78. The van der Waals surface area contributed by atoms with Crippen LogP contribution < -0.4 is 4.74 Å². The van der Waals surface area contributed by atoms with Crippen LogP contribution in [0, 0.1) is 5.92 Å². The van der Waals surface area contributed by atoms with E-state index in [-0.39, 0.29) is 4.75 Å². The van der Waals surface area contributed by atoms with Crippen molar-refractivity contribution in [1.29, 1.82) is 0 Å². The number of benzene rings is 2. The first kappa shape index (κ1) is 21.2. The Hall–Kier alpha value is -2.14. The van der Waals surface area contributed by atoms with E-state index in [1.807, 2.05) is 45.0 Å². The molecule has 0 radical (unpaired) electrons. The lowest BCUT2D eigenvalue weighted by Crippen LogP contribution is -2.27. The van der Waals surface area contributed by atoms with Gasteiger partial charge in [-0.3, -0.25) is 4.21 Å². The van der Waals surface area contributed by atoms with Gasteiger partial charge in [0.05, 0.1) is 12.7 Å². The van der Waals surface area contributed by atoms with E-state index in [9.17, 15) is 9.00 Å². The number of carbonyl (C=O) groups is 1. The summed E-state index contributed by atoms with van der Waals surface area (Å²) in [6.45, 7) is 8.14. The molecular weight excluding hydrogens is 360 g/mol. The molecule has 0 amide bonds. The number of carbonyl (C=O) groups excluding carboxylic acids is 1. The second-order valence-electron chi connectivity index (χ2n) is 7.70. The van der Waals surface area contributed by atoms with Crippen LogP contribution >= 0.6 is 0 Å². The summed E-state index contributed by atoms with van der Waals surface area (Å²) in [5.74, 6) is 1.88. The molecule has 0 aliphatic carbocycles. The molecule has 0 aliphatic rings. The number of hydrogen-bond acceptors (Lipinski definition) is 4. The molecule has 146 valence electrons. The highest BCUT2D eigenvalue weighted by molar-refractivity contribution is 7.86. The van der Waals surface area contributed by atoms with E-state index in [1.54, 1.807) is 24.3 Å². The number of hydrogen-bond donors (Lipinski definition) is 0. The van der Waals surface area contributed by atoms with Crippen LogP contribution in [0.25, 0.3) is 0 Å². The number of esters is 1. The van der Waals surface area contributed by atoms with Crippen molar-refractivity contribution >= 4 is 16.8 Å². The van der Waals surface area contributed by atoms with Crippen molar-refractivity contribution in [3.8, 4) is 11.5 Å². The van der Waals surface area contributed by atoms with E-state index < -0.39 is 16.8 Å². The first-order valence-electron chi connectivity index (χ1n) is 9.02. The van der Waals surface area contributed by atoms with Gasteiger partial charge < -0.3 is 9.47 Å². The zero-order valence-corrected chi connectivity index (χ0v) is 17.5. The van der Waals surface area contributed by atoms with Crippen LogP contribution in [0.1, 0.15) is 43.6 Å². The van der Waals surface area contributed by atoms with E-state index in [4.69, 9.17) is 9.47 Å². The Bertz CT molecular complexity index is 808. The Balaban J connectivity index is 2.05. The van der Waals surface area contributed by atoms with Crippen LogP contribution in [0.15, 0.2) is 48.5 Å². The summed E-state index contributed by atoms with van der Waals surface area (Å²) in [7, 11) is 0.493. The zero-order chi connectivity index (χ0) is 20.0. The fourth-order valence-electron chi connectivity index (χ4n) is 2.65. The Morgan fingerprint density at radius 3 is 2.33 bits per heavy atom. The number of methoxy groups -OCH3 is 1. The molecule has 0 aromatic heterocycles. The van der Waals surface area contributed by atoms with Crippen molar-refractivity contribution in [3.63, 3.8) is 0 Å². The summed E-state index contributed by atoms with van der Waals surface area (Å²) in [4.78, 5) is 11.6. The molecule has 0 fully saturated rings. The Labute approximate surface area is 164 Å². The molecule has 0 saturated heterocycles. The molecule has 2 rings (SSSR count). The molecule has 2 aromatic rings.